The maximum atomic E-state index is 12.1. The molecule has 2 aromatic heterocycles. The molecule has 23 heavy (non-hydrogen) atoms. The van der Waals surface area contributed by atoms with Crippen molar-refractivity contribution in [1.29, 1.82) is 0 Å². The lowest BCUT2D eigenvalue weighted by molar-refractivity contribution is -0.123. The van der Waals surface area contributed by atoms with Crippen LogP contribution in [0.4, 0.5) is 5.69 Å². The Morgan fingerprint density at radius 3 is 2.39 bits per heavy atom. The van der Waals surface area contributed by atoms with E-state index in [1.54, 1.807) is 22.7 Å². The number of nitrogens with one attached hydrogen (secondary N) is 1. The van der Waals surface area contributed by atoms with E-state index in [0.717, 1.165) is 25.5 Å². The highest BCUT2D eigenvalue weighted by Crippen LogP contribution is 2.48. The van der Waals surface area contributed by atoms with Crippen LogP contribution in [0.5, 0.6) is 0 Å². The SMILES string of the molecule is O=C1COC(c2cccs2)(c2cccs2)c2cc(Br)ccc2N1. The third-order valence-corrected chi connectivity index (χ3v) is 6.23. The molecular weight excluding hydrogens is 394 g/mol. The first-order valence-corrected chi connectivity index (χ1v) is 9.57. The van der Waals surface area contributed by atoms with Gasteiger partial charge in [-0.05, 0) is 41.1 Å². The molecule has 4 rings (SSSR count). The normalized spacial score (nSPS) is 16.5. The van der Waals surface area contributed by atoms with E-state index >= 15 is 0 Å². The molecule has 0 aliphatic carbocycles. The van der Waals surface area contributed by atoms with Crippen molar-refractivity contribution in [3.05, 3.63) is 73.0 Å². The van der Waals surface area contributed by atoms with Crippen molar-refractivity contribution in [1.82, 2.24) is 0 Å². The van der Waals surface area contributed by atoms with Crippen molar-refractivity contribution in [2.45, 2.75) is 5.60 Å². The summed E-state index contributed by atoms with van der Waals surface area (Å²) in [6.07, 6.45) is 0. The molecule has 1 aromatic carbocycles. The van der Waals surface area contributed by atoms with Gasteiger partial charge < -0.3 is 10.1 Å². The van der Waals surface area contributed by atoms with Crippen LogP contribution < -0.4 is 5.32 Å². The second-order valence-electron chi connectivity index (χ2n) is 5.16. The van der Waals surface area contributed by atoms with E-state index in [0.29, 0.717) is 0 Å². The molecule has 1 amide bonds. The summed E-state index contributed by atoms with van der Waals surface area (Å²) < 4.78 is 7.21. The molecule has 1 aliphatic rings. The summed E-state index contributed by atoms with van der Waals surface area (Å²) in [4.78, 5) is 14.2. The zero-order valence-electron chi connectivity index (χ0n) is 11.9. The number of thiophene rings is 2. The fourth-order valence-electron chi connectivity index (χ4n) is 2.84. The van der Waals surface area contributed by atoms with Crippen LogP contribution in [0.2, 0.25) is 0 Å². The highest BCUT2D eigenvalue weighted by Gasteiger charge is 2.43. The van der Waals surface area contributed by atoms with Gasteiger partial charge >= 0.3 is 0 Å². The second kappa shape index (κ2) is 5.87. The van der Waals surface area contributed by atoms with E-state index in [-0.39, 0.29) is 12.5 Å². The second-order valence-corrected chi connectivity index (χ2v) is 7.97. The summed E-state index contributed by atoms with van der Waals surface area (Å²) >= 11 is 6.82. The average molecular weight is 406 g/mol. The van der Waals surface area contributed by atoms with Crippen molar-refractivity contribution in [3.8, 4) is 0 Å². The number of hydrogen-bond donors (Lipinski definition) is 1. The zero-order chi connectivity index (χ0) is 15.9. The van der Waals surface area contributed by atoms with Gasteiger partial charge in [-0.15, -0.1) is 22.7 Å². The van der Waals surface area contributed by atoms with E-state index in [2.05, 4.69) is 33.4 Å². The molecule has 1 N–H and O–H groups in total. The van der Waals surface area contributed by atoms with Crippen molar-refractivity contribution >= 4 is 50.2 Å². The van der Waals surface area contributed by atoms with Crippen LogP contribution >= 0.6 is 38.6 Å². The Labute approximate surface area is 150 Å². The largest absolute Gasteiger partial charge is 0.349 e. The Balaban J connectivity index is 2.06. The van der Waals surface area contributed by atoms with Crippen molar-refractivity contribution < 1.29 is 9.53 Å². The minimum absolute atomic E-state index is 0.0160. The third kappa shape index (κ3) is 2.46. The molecule has 0 saturated heterocycles. The fourth-order valence-corrected chi connectivity index (χ4v) is 5.08. The van der Waals surface area contributed by atoms with Crippen LogP contribution in [0, 0.1) is 0 Å². The van der Waals surface area contributed by atoms with Crippen LogP contribution in [-0.4, -0.2) is 12.5 Å². The Morgan fingerprint density at radius 1 is 1.09 bits per heavy atom. The Bertz CT molecular complexity index is 809. The maximum Gasteiger partial charge on any atom is 0.250 e. The topological polar surface area (TPSA) is 38.3 Å². The fraction of sp³-hybridized carbons (Fsp3) is 0.118. The number of anilines is 1. The number of rotatable bonds is 2. The van der Waals surface area contributed by atoms with E-state index in [1.165, 1.54) is 0 Å². The minimum Gasteiger partial charge on any atom is -0.349 e. The minimum atomic E-state index is -0.763. The first-order valence-electron chi connectivity index (χ1n) is 7.02. The lowest BCUT2D eigenvalue weighted by Crippen LogP contribution is -2.31. The zero-order valence-corrected chi connectivity index (χ0v) is 15.1. The molecule has 0 atom stereocenters. The lowest BCUT2D eigenvalue weighted by atomic mass is 9.88. The van der Waals surface area contributed by atoms with Crippen LogP contribution in [0.3, 0.4) is 0 Å². The van der Waals surface area contributed by atoms with E-state index in [4.69, 9.17) is 4.74 Å². The van der Waals surface area contributed by atoms with E-state index in [1.807, 2.05) is 41.1 Å². The average Bonchev–Trinajstić information content (AvgIpc) is 3.22. The number of fused-ring (bicyclic) bond motifs is 1. The standard InChI is InChI=1S/C17H12BrNO2S2/c18-11-5-6-13-12(9-11)17(14-3-1-7-22-14,15-4-2-8-23-15)21-10-16(20)19-13/h1-9H,10H2,(H,19,20). The van der Waals surface area contributed by atoms with Crippen molar-refractivity contribution in [3.63, 3.8) is 0 Å². The van der Waals surface area contributed by atoms with Gasteiger partial charge in [0.05, 0.1) is 0 Å². The van der Waals surface area contributed by atoms with Crippen molar-refractivity contribution in [2.75, 3.05) is 11.9 Å². The number of amides is 1. The smallest absolute Gasteiger partial charge is 0.250 e. The number of ether oxygens (including phenoxy) is 1. The summed E-state index contributed by atoms with van der Waals surface area (Å²) in [6.45, 7) is 0.0160. The van der Waals surface area contributed by atoms with Gasteiger partial charge in [0.15, 0.2) is 5.60 Å². The first-order chi connectivity index (χ1) is 11.2. The summed E-state index contributed by atoms with van der Waals surface area (Å²) in [6, 6.07) is 14.0. The predicted octanol–water partition coefficient (Wildman–Crippen LogP) is 4.83. The molecule has 3 heterocycles. The highest BCUT2D eigenvalue weighted by atomic mass is 79.9. The van der Waals surface area contributed by atoms with Gasteiger partial charge in [-0.3, -0.25) is 4.79 Å². The number of carbonyl (C=O) groups is 1. The molecule has 0 unspecified atom stereocenters. The number of benzene rings is 1. The summed E-state index contributed by atoms with van der Waals surface area (Å²) in [5.74, 6) is -0.136. The maximum absolute atomic E-state index is 12.1. The Morgan fingerprint density at radius 2 is 1.78 bits per heavy atom. The van der Waals surface area contributed by atoms with Gasteiger partial charge in [0.1, 0.15) is 6.61 Å². The van der Waals surface area contributed by atoms with Crippen molar-refractivity contribution in [2.24, 2.45) is 0 Å². The molecule has 0 spiro atoms. The number of carbonyl (C=O) groups excluding carboxylic acids is 1. The predicted molar refractivity (Wildman–Crippen MR) is 97.2 cm³/mol. The van der Waals surface area contributed by atoms with Gasteiger partial charge in [0.25, 0.3) is 0 Å². The molecule has 1 aliphatic heterocycles. The first kappa shape index (κ1) is 15.1. The molecule has 0 bridgehead atoms. The quantitative estimate of drug-likeness (QED) is 0.662. The van der Waals surface area contributed by atoms with Crippen LogP contribution in [0.15, 0.2) is 57.7 Å². The molecule has 6 heteroatoms. The lowest BCUT2D eigenvalue weighted by Gasteiger charge is -2.32. The number of halogens is 1. The molecule has 3 nitrogen and oxygen atoms in total. The van der Waals surface area contributed by atoms with Crippen LogP contribution in [-0.2, 0) is 15.1 Å². The van der Waals surface area contributed by atoms with Crippen LogP contribution in [0.25, 0.3) is 0 Å². The van der Waals surface area contributed by atoms with Gasteiger partial charge in [-0.2, -0.15) is 0 Å². The van der Waals surface area contributed by atoms with Gasteiger partial charge in [-0.25, -0.2) is 0 Å². The van der Waals surface area contributed by atoms with E-state index in [9.17, 15) is 4.79 Å². The third-order valence-electron chi connectivity index (χ3n) is 3.79. The summed E-state index contributed by atoms with van der Waals surface area (Å²) in [5, 5.41) is 7.02. The molecule has 0 fully saturated rings. The Kier molecular flexibility index (Phi) is 3.85. The number of hydrogen-bond acceptors (Lipinski definition) is 4. The molecule has 116 valence electrons. The monoisotopic (exact) mass is 405 g/mol. The molecule has 0 saturated carbocycles. The molecule has 0 radical (unpaired) electrons. The van der Waals surface area contributed by atoms with Gasteiger partial charge in [-0.1, -0.05) is 28.1 Å². The molecular formula is C17H12BrNO2S2. The Hall–Kier alpha value is -1.47. The molecule has 3 aromatic rings. The highest BCUT2D eigenvalue weighted by molar-refractivity contribution is 9.10. The van der Waals surface area contributed by atoms with Crippen LogP contribution in [0.1, 0.15) is 15.3 Å². The van der Waals surface area contributed by atoms with E-state index < -0.39 is 5.60 Å². The van der Waals surface area contributed by atoms with Gasteiger partial charge in [0.2, 0.25) is 5.91 Å². The summed E-state index contributed by atoms with van der Waals surface area (Å²) in [7, 11) is 0. The summed E-state index contributed by atoms with van der Waals surface area (Å²) in [5.41, 5.74) is 0.973. The van der Waals surface area contributed by atoms with Gasteiger partial charge in [0, 0.05) is 25.5 Å².